The predicted molar refractivity (Wildman–Crippen MR) is 179 cm³/mol. The fourth-order valence-electron chi connectivity index (χ4n) is 10.6. The van der Waals surface area contributed by atoms with E-state index in [0.717, 1.165) is 37.0 Å². The molecule has 9 heteroatoms. The SMILES string of the molecule is CC(C)N(C)[C@@H]1CC[C@H](N2CC[C@H](NC(=O)c3cc(C45CC6CC(CC(C6)C4)C5)cn3C)C2=O)[C@H](CS(=O)(=O)c2ccccc2)C1. The normalized spacial score (nSPS) is 34.2. The molecular formula is C37H52N4O4S. The Labute approximate surface area is 275 Å². The number of hydrogen-bond acceptors (Lipinski definition) is 5. The molecule has 250 valence electrons. The molecule has 46 heavy (non-hydrogen) atoms. The Kier molecular flexibility index (Phi) is 8.40. The van der Waals surface area contributed by atoms with Gasteiger partial charge in [0.15, 0.2) is 9.84 Å². The second kappa shape index (κ2) is 12.1. The number of likely N-dealkylation sites (tertiary alicyclic amines) is 1. The summed E-state index contributed by atoms with van der Waals surface area (Å²) in [5.41, 5.74) is 2.15. The van der Waals surface area contributed by atoms with Crippen molar-refractivity contribution >= 4 is 21.7 Å². The number of amides is 2. The largest absolute Gasteiger partial charge is 0.346 e. The Morgan fingerprint density at radius 2 is 1.65 bits per heavy atom. The Bertz CT molecular complexity index is 1530. The van der Waals surface area contributed by atoms with Gasteiger partial charge in [-0.05, 0) is 138 Å². The highest BCUT2D eigenvalue weighted by Gasteiger charge is 2.52. The van der Waals surface area contributed by atoms with E-state index >= 15 is 0 Å². The summed E-state index contributed by atoms with van der Waals surface area (Å²) in [4.78, 5) is 32.2. The molecule has 0 spiro atoms. The lowest BCUT2D eigenvalue weighted by molar-refractivity contribution is -0.133. The van der Waals surface area contributed by atoms with Gasteiger partial charge in [-0.1, -0.05) is 18.2 Å². The molecule has 5 saturated carbocycles. The molecule has 4 bridgehead atoms. The topological polar surface area (TPSA) is 91.7 Å². The van der Waals surface area contributed by atoms with Gasteiger partial charge in [-0.3, -0.25) is 9.59 Å². The predicted octanol–water partition coefficient (Wildman–Crippen LogP) is 5.18. The van der Waals surface area contributed by atoms with Crippen LogP contribution in [0.5, 0.6) is 0 Å². The Morgan fingerprint density at radius 1 is 1.00 bits per heavy atom. The van der Waals surface area contributed by atoms with Crippen molar-refractivity contribution in [2.75, 3.05) is 19.3 Å². The van der Waals surface area contributed by atoms with Crippen LogP contribution >= 0.6 is 0 Å². The average molecular weight is 649 g/mol. The van der Waals surface area contributed by atoms with Gasteiger partial charge in [-0.25, -0.2) is 8.42 Å². The van der Waals surface area contributed by atoms with Crippen LogP contribution in [0, 0.1) is 23.7 Å². The lowest BCUT2D eigenvalue weighted by Gasteiger charge is -2.56. The molecule has 1 aliphatic heterocycles. The minimum Gasteiger partial charge on any atom is -0.346 e. The van der Waals surface area contributed by atoms with Crippen molar-refractivity contribution in [3.05, 3.63) is 53.9 Å². The molecule has 2 amide bonds. The number of carbonyl (C=O) groups excluding carboxylic acids is 2. The summed E-state index contributed by atoms with van der Waals surface area (Å²) < 4.78 is 29.1. The molecule has 1 saturated heterocycles. The summed E-state index contributed by atoms with van der Waals surface area (Å²) in [6.45, 7) is 4.86. The van der Waals surface area contributed by atoms with Crippen LogP contribution in [-0.4, -0.2) is 78.1 Å². The van der Waals surface area contributed by atoms with Gasteiger partial charge < -0.3 is 19.7 Å². The maximum atomic E-state index is 13.9. The van der Waals surface area contributed by atoms with Crippen molar-refractivity contribution in [3.63, 3.8) is 0 Å². The maximum Gasteiger partial charge on any atom is 0.268 e. The maximum absolute atomic E-state index is 13.9. The summed E-state index contributed by atoms with van der Waals surface area (Å²) >= 11 is 0. The zero-order valence-corrected chi connectivity index (χ0v) is 28.8. The lowest BCUT2D eigenvalue weighted by atomic mass is 9.48. The summed E-state index contributed by atoms with van der Waals surface area (Å²) in [6, 6.07) is 10.6. The third-order valence-electron chi connectivity index (χ3n) is 12.7. The third kappa shape index (κ3) is 5.84. The molecular weight excluding hydrogens is 596 g/mol. The molecule has 0 unspecified atom stereocenters. The molecule has 6 fully saturated rings. The van der Waals surface area contributed by atoms with E-state index in [4.69, 9.17) is 0 Å². The van der Waals surface area contributed by atoms with E-state index in [0.29, 0.717) is 29.6 Å². The fraction of sp³-hybridized carbons (Fsp3) is 0.676. The molecule has 2 heterocycles. The van der Waals surface area contributed by atoms with Crippen molar-refractivity contribution in [1.82, 2.24) is 19.7 Å². The first-order valence-electron chi connectivity index (χ1n) is 17.7. The van der Waals surface area contributed by atoms with Gasteiger partial charge in [0.1, 0.15) is 11.7 Å². The molecule has 2 aromatic rings. The highest BCUT2D eigenvalue weighted by molar-refractivity contribution is 7.91. The van der Waals surface area contributed by atoms with E-state index in [1.807, 2.05) is 22.6 Å². The number of rotatable bonds is 9. The van der Waals surface area contributed by atoms with Gasteiger partial charge in [-0.15, -0.1) is 0 Å². The van der Waals surface area contributed by atoms with E-state index < -0.39 is 15.9 Å². The highest BCUT2D eigenvalue weighted by atomic mass is 32.2. The molecule has 1 aromatic carbocycles. The molecule has 1 aromatic heterocycles. The van der Waals surface area contributed by atoms with Crippen LogP contribution in [0.25, 0.3) is 0 Å². The van der Waals surface area contributed by atoms with Gasteiger partial charge in [0, 0.05) is 37.9 Å². The first kappa shape index (κ1) is 31.9. The highest BCUT2D eigenvalue weighted by Crippen LogP contribution is 2.60. The quantitative estimate of drug-likeness (QED) is 0.405. The van der Waals surface area contributed by atoms with Crippen LogP contribution in [0.3, 0.4) is 0 Å². The number of hydrogen-bond donors (Lipinski definition) is 1. The molecule has 6 aliphatic rings. The van der Waals surface area contributed by atoms with Crippen LogP contribution in [0.1, 0.15) is 94.1 Å². The summed E-state index contributed by atoms with van der Waals surface area (Å²) in [7, 11) is 0.539. The first-order valence-corrected chi connectivity index (χ1v) is 19.4. The number of aromatic nitrogens is 1. The molecule has 4 atom stereocenters. The van der Waals surface area contributed by atoms with Crippen LogP contribution < -0.4 is 5.32 Å². The number of sulfone groups is 1. The number of benzene rings is 1. The van der Waals surface area contributed by atoms with Crippen LogP contribution in [-0.2, 0) is 27.1 Å². The summed E-state index contributed by atoms with van der Waals surface area (Å²) in [5.74, 6) is 2.06. The van der Waals surface area contributed by atoms with Crippen LogP contribution in [0.2, 0.25) is 0 Å². The molecule has 8 rings (SSSR count). The van der Waals surface area contributed by atoms with Gasteiger partial charge in [0.05, 0.1) is 10.6 Å². The number of carbonyl (C=O) groups is 2. The molecule has 0 radical (unpaired) electrons. The Morgan fingerprint density at radius 3 is 2.28 bits per heavy atom. The third-order valence-corrected chi connectivity index (χ3v) is 14.5. The van der Waals surface area contributed by atoms with E-state index in [-0.39, 0.29) is 41.0 Å². The molecule has 5 aliphatic carbocycles. The zero-order chi connectivity index (χ0) is 32.4. The molecule has 1 N–H and O–H groups in total. The first-order chi connectivity index (χ1) is 21.9. The van der Waals surface area contributed by atoms with Crippen LogP contribution in [0.4, 0.5) is 0 Å². The minimum atomic E-state index is -3.53. The Balaban J connectivity index is 1.06. The second-order valence-corrected chi connectivity index (χ2v) is 18.0. The van der Waals surface area contributed by atoms with Crippen molar-refractivity contribution < 1.29 is 18.0 Å². The van der Waals surface area contributed by atoms with E-state index in [2.05, 4.69) is 43.4 Å². The van der Waals surface area contributed by atoms with E-state index in [9.17, 15) is 18.0 Å². The van der Waals surface area contributed by atoms with E-state index in [1.165, 1.54) is 44.1 Å². The van der Waals surface area contributed by atoms with Crippen molar-refractivity contribution in [2.45, 2.75) is 113 Å². The Hall–Kier alpha value is -2.65. The van der Waals surface area contributed by atoms with Gasteiger partial charge in [-0.2, -0.15) is 0 Å². The van der Waals surface area contributed by atoms with E-state index in [1.54, 1.807) is 24.3 Å². The summed E-state index contributed by atoms with van der Waals surface area (Å²) in [5, 5.41) is 3.10. The minimum absolute atomic E-state index is 0.0152. The molecule has 8 nitrogen and oxygen atoms in total. The van der Waals surface area contributed by atoms with Crippen molar-refractivity contribution in [2.24, 2.45) is 30.7 Å². The second-order valence-electron chi connectivity index (χ2n) is 15.9. The lowest BCUT2D eigenvalue weighted by Crippen LogP contribution is -2.53. The smallest absolute Gasteiger partial charge is 0.268 e. The number of nitrogens with zero attached hydrogens (tertiary/aromatic N) is 3. The monoisotopic (exact) mass is 648 g/mol. The average Bonchev–Trinajstić information content (AvgIpc) is 3.59. The van der Waals surface area contributed by atoms with Gasteiger partial charge >= 0.3 is 0 Å². The van der Waals surface area contributed by atoms with Gasteiger partial charge in [0.2, 0.25) is 5.91 Å². The van der Waals surface area contributed by atoms with Gasteiger partial charge in [0.25, 0.3) is 5.91 Å². The number of aryl methyl sites for hydroxylation is 1. The zero-order valence-electron chi connectivity index (χ0n) is 28.0. The summed E-state index contributed by atoms with van der Waals surface area (Å²) in [6.07, 6.45) is 13.0. The standard InChI is InChI=1S/C37H52N4O4S/c1-24(2)40(4)30-10-11-33(28(17-30)23-46(44,45)31-8-6-5-7-9-31)41-13-12-32(36(41)43)38-35(42)34-18-29(22-39(34)3)37-19-25-14-26(20-37)16-27(15-25)21-37/h5-9,18,22,24-28,30,32-33H,10-17,19-21,23H2,1-4H3,(H,38,42)/t25?,26?,27?,28-,30+,32-,33-,37?/m0/s1. The fourth-order valence-corrected chi connectivity index (χ4v) is 12.2. The van der Waals surface area contributed by atoms with Crippen molar-refractivity contribution in [1.29, 1.82) is 0 Å². The van der Waals surface area contributed by atoms with Crippen molar-refractivity contribution in [3.8, 4) is 0 Å². The number of nitrogens with one attached hydrogen (secondary N) is 1. The van der Waals surface area contributed by atoms with Crippen LogP contribution in [0.15, 0.2) is 47.5 Å².